The Morgan fingerprint density at radius 1 is 1.24 bits per heavy atom. The summed E-state index contributed by atoms with van der Waals surface area (Å²) in [6, 6.07) is 9.15. The highest BCUT2D eigenvalue weighted by Crippen LogP contribution is 2.30. The molecule has 0 saturated heterocycles. The maximum absolute atomic E-state index is 12.7. The average Bonchev–Trinajstić information content (AvgIpc) is 2.75. The van der Waals surface area contributed by atoms with Crippen molar-refractivity contribution in [2.24, 2.45) is 0 Å². The molecule has 0 aliphatic rings. The Labute approximate surface area is 115 Å². The van der Waals surface area contributed by atoms with E-state index in [1.807, 2.05) is 0 Å². The molecule has 0 N–H and O–H groups in total. The van der Waals surface area contributed by atoms with E-state index in [2.05, 4.69) is 15.9 Å². The van der Waals surface area contributed by atoms with E-state index in [1.165, 1.54) is 35.6 Å². The van der Waals surface area contributed by atoms with Gasteiger partial charge in [-0.2, -0.15) is 0 Å². The summed E-state index contributed by atoms with van der Waals surface area (Å²) in [4.78, 5) is 12.6. The van der Waals surface area contributed by atoms with Crippen LogP contribution in [0.3, 0.4) is 0 Å². The Morgan fingerprint density at radius 2 is 1.88 bits per heavy atom. The largest absolute Gasteiger partial charge is 0.291 e. The van der Waals surface area contributed by atoms with Crippen molar-refractivity contribution in [3.05, 3.63) is 56.4 Å². The molecule has 1 heterocycles. The standard InChI is InChI=1S/C12H7BrClFOS/c13-10-6-5-9(17-10)12(16)11(14)7-1-3-8(15)4-2-7/h1-6,11H. The highest BCUT2D eigenvalue weighted by atomic mass is 79.9. The van der Waals surface area contributed by atoms with Crippen LogP contribution in [0.15, 0.2) is 40.2 Å². The maximum Gasteiger partial charge on any atom is 0.195 e. The van der Waals surface area contributed by atoms with Crippen LogP contribution < -0.4 is 0 Å². The van der Waals surface area contributed by atoms with Crippen LogP contribution in [0.2, 0.25) is 0 Å². The van der Waals surface area contributed by atoms with E-state index in [4.69, 9.17) is 11.6 Å². The monoisotopic (exact) mass is 332 g/mol. The lowest BCUT2D eigenvalue weighted by Gasteiger charge is -2.07. The van der Waals surface area contributed by atoms with Crippen LogP contribution in [-0.4, -0.2) is 5.78 Å². The highest BCUT2D eigenvalue weighted by molar-refractivity contribution is 9.11. The summed E-state index contributed by atoms with van der Waals surface area (Å²) in [5.74, 6) is -0.516. The molecule has 0 amide bonds. The zero-order valence-electron chi connectivity index (χ0n) is 8.49. The zero-order valence-corrected chi connectivity index (χ0v) is 11.7. The molecular weight excluding hydrogens is 327 g/mol. The summed E-state index contributed by atoms with van der Waals surface area (Å²) < 4.78 is 13.6. The second-order valence-corrected chi connectivity index (χ2v) is 6.28. The molecule has 1 aromatic carbocycles. The Morgan fingerprint density at radius 3 is 2.41 bits per heavy atom. The quantitative estimate of drug-likeness (QED) is 0.582. The van der Waals surface area contributed by atoms with Gasteiger partial charge in [0, 0.05) is 0 Å². The third-order valence-electron chi connectivity index (χ3n) is 2.21. The molecule has 0 saturated carbocycles. The maximum atomic E-state index is 12.7. The summed E-state index contributed by atoms with van der Waals surface area (Å²) in [6.45, 7) is 0. The van der Waals surface area contributed by atoms with Gasteiger partial charge in [0.25, 0.3) is 0 Å². The predicted molar refractivity (Wildman–Crippen MR) is 71.3 cm³/mol. The fourth-order valence-electron chi connectivity index (χ4n) is 1.35. The summed E-state index contributed by atoms with van der Waals surface area (Å²) in [6.07, 6.45) is 0. The Balaban J connectivity index is 2.23. The van der Waals surface area contributed by atoms with E-state index >= 15 is 0 Å². The van der Waals surface area contributed by atoms with Gasteiger partial charge >= 0.3 is 0 Å². The number of carbonyl (C=O) groups is 1. The first-order valence-electron chi connectivity index (χ1n) is 4.77. The molecule has 88 valence electrons. The molecule has 0 spiro atoms. The first-order chi connectivity index (χ1) is 8.08. The molecule has 17 heavy (non-hydrogen) atoms. The molecule has 1 unspecified atom stereocenters. The van der Waals surface area contributed by atoms with Gasteiger partial charge in [0.1, 0.15) is 11.2 Å². The molecule has 0 fully saturated rings. The van der Waals surface area contributed by atoms with Crippen molar-refractivity contribution in [2.75, 3.05) is 0 Å². The first-order valence-corrected chi connectivity index (χ1v) is 6.81. The van der Waals surface area contributed by atoms with E-state index < -0.39 is 5.38 Å². The number of halogens is 3. The summed E-state index contributed by atoms with van der Waals surface area (Å²) in [5.41, 5.74) is 0.600. The second kappa shape index (κ2) is 5.29. The summed E-state index contributed by atoms with van der Waals surface area (Å²) in [5, 5.41) is -0.777. The number of Topliss-reactive ketones (excluding diaryl/α,β-unsaturated/α-hetero) is 1. The van der Waals surface area contributed by atoms with Crippen molar-refractivity contribution in [3.8, 4) is 0 Å². The van der Waals surface area contributed by atoms with Crippen molar-refractivity contribution < 1.29 is 9.18 Å². The van der Waals surface area contributed by atoms with Crippen molar-refractivity contribution in [1.29, 1.82) is 0 Å². The third kappa shape index (κ3) is 2.94. The van der Waals surface area contributed by atoms with E-state index in [0.717, 1.165) is 3.79 Å². The smallest absolute Gasteiger partial charge is 0.195 e. The summed E-state index contributed by atoms with van der Waals surface area (Å²) >= 11 is 10.7. The lowest BCUT2D eigenvalue weighted by atomic mass is 10.1. The number of thiophene rings is 1. The highest BCUT2D eigenvalue weighted by Gasteiger charge is 2.20. The lowest BCUT2D eigenvalue weighted by molar-refractivity contribution is 0.0991. The minimum Gasteiger partial charge on any atom is -0.291 e. The SMILES string of the molecule is O=C(c1ccc(Br)s1)C(Cl)c1ccc(F)cc1. The van der Waals surface area contributed by atoms with Gasteiger partial charge in [0.05, 0.1) is 8.66 Å². The van der Waals surface area contributed by atoms with Crippen molar-refractivity contribution >= 4 is 44.7 Å². The molecule has 1 aromatic heterocycles. The average molecular weight is 334 g/mol. The van der Waals surface area contributed by atoms with Crippen LogP contribution >= 0.6 is 38.9 Å². The number of carbonyl (C=O) groups excluding carboxylic acids is 1. The van der Waals surface area contributed by atoms with Crippen LogP contribution in [0.1, 0.15) is 20.6 Å². The topological polar surface area (TPSA) is 17.1 Å². The van der Waals surface area contributed by atoms with E-state index in [9.17, 15) is 9.18 Å². The Kier molecular flexibility index (Phi) is 3.97. The van der Waals surface area contributed by atoms with Gasteiger partial charge in [-0.3, -0.25) is 4.79 Å². The molecule has 1 atom stereocenters. The van der Waals surface area contributed by atoms with Gasteiger partial charge < -0.3 is 0 Å². The Hall–Kier alpha value is -0.710. The Bertz CT molecular complexity index is 538. The number of hydrogen-bond acceptors (Lipinski definition) is 2. The number of alkyl halides is 1. The van der Waals surface area contributed by atoms with Gasteiger partial charge in [0.2, 0.25) is 0 Å². The molecule has 2 aromatic rings. The van der Waals surface area contributed by atoms with Gasteiger partial charge in [-0.05, 0) is 45.8 Å². The fraction of sp³-hybridized carbons (Fsp3) is 0.0833. The second-order valence-electron chi connectivity index (χ2n) is 3.38. The van der Waals surface area contributed by atoms with Crippen molar-refractivity contribution in [2.45, 2.75) is 5.38 Å². The van der Waals surface area contributed by atoms with Crippen molar-refractivity contribution in [1.82, 2.24) is 0 Å². The first kappa shape index (κ1) is 12.7. The third-order valence-corrected chi connectivity index (χ3v) is 4.30. The number of rotatable bonds is 3. The van der Waals surface area contributed by atoms with E-state index in [1.54, 1.807) is 12.1 Å². The van der Waals surface area contributed by atoms with Gasteiger partial charge in [0.15, 0.2) is 5.78 Å². The van der Waals surface area contributed by atoms with Crippen molar-refractivity contribution in [3.63, 3.8) is 0 Å². The van der Waals surface area contributed by atoms with E-state index in [0.29, 0.717) is 10.4 Å². The molecule has 5 heteroatoms. The lowest BCUT2D eigenvalue weighted by Crippen LogP contribution is -2.05. The van der Waals surface area contributed by atoms with E-state index in [-0.39, 0.29) is 11.6 Å². The predicted octanol–water partition coefficient (Wildman–Crippen LogP) is 4.81. The van der Waals surface area contributed by atoms with Crippen LogP contribution in [0.5, 0.6) is 0 Å². The van der Waals surface area contributed by atoms with Gasteiger partial charge in [-0.25, -0.2) is 4.39 Å². The normalized spacial score (nSPS) is 12.4. The number of hydrogen-bond donors (Lipinski definition) is 0. The number of ketones is 1. The molecule has 1 nitrogen and oxygen atoms in total. The fourth-order valence-corrected chi connectivity index (χ4v) is 3.04. The molecule has 0 radical (unpaired) electrons. The van der Waals surface area contributed by atoms with Gasteiger partial charge in [-0.15, -0.1) is 22.9 Å². The van der Waals surface area contributed by atoms with Crippen LogP contribution in [0, 0.1) is 5.82 Å². The van der Waals surface area contributed by atoms with Crippen LogP contribution in [0.25, 0.3) is 0 Å². The molecule has 0 aliphatic heterocycles. The minimum atomic E-state index is -0.777. The minimum absolute atomic E-state index is 0.172. The molecular formula is C12H7BrClFOS. The molecule has 0 aliphatic carbocycles. The van der Waals surface area contributed by atoms with Crippen LogP contribution in [0.4, 0.5) is 4.39 Å². The molecule has 0 bridgehead atoms. The zero-order chi connectivity index (χ0) is 12.4. The number of benzene rings is 1. The molecule has 2 rings (SSSR count). The van der Waals surface area contributed by atoms with Gasteiger partial charge in [-0.1, -0.05) is 12.1 Å². The summed E-state index contributed by atoms with van der Waals surface area (Å²) in [7, 11) is 0. The van der Waals surface area contributed by atoms with Crippen LogP contribution in [-0.2, 0) is 0 Å².